The first-order valence-electron chi connectivity index (χ1n) is 9.86. The van der Waals surface area contributed by atoms with Crippen LogP contribution < -0.4 is 0 Å². The van der Waals surface area contributed by atoms with Gasteiger partial charge in [0.05, 0.1) is 11.3 Å². The number of hydrogen-bond donors (Lipinski definition) is 0. The largest absolute Gasteiger partial charge is 0.365 e. The first-order chi connectivity index (χ1) is 14.2. The standard InChI is InChI=1S/C25H24N2O2/c1-27-23(19-11-5-2-6-12-19)17-22(18-24(27)20-13-7-3-8-14-20)26-29-25(28)21-15-9-4-10-16-21/h2-16,23-24H,17-18H2,1H3/t23-,24+. The molecule has 0 aliphatic carbocycles. The molecule has 0 spiro atoms. The lowest BCUT2D eigenvalue weighted by atomic mass is 9.87. The number of carbonyl (C=O) groups excluding carboxylic acids is 1. The molecule has 1 fully saturated rings. The fraction of sp³-hybridized carbons (Fsp3) is 0.200. The lowest BCUT2D eigenvalue weighted by molar-refractivity contribution is 0.0507. The van der Waals surface area contributed by atoms with E-state index in [4.69, 9.17) is 4.84 Å². The molecule has 3 aromatic rings. The smallest absolute Gasteiger partial charge is 0.313 e. The summed E-state index contributed by atoms with van der Waals surface area (Å²) in [5, 5.41) is 4.29. The van der Waals surface area contributed by atoms with Gasteiger partial charge in [-0.15, -0.1) is 0 Å². The average molecular weight is 384 g/mol. The number of likely N-dealkylation sites (tertiary alicyclic amines) is 1. The van der Waals surface area contributed by atoms with Crippen LogP contribution >= 0.6 is 0 Å². The first kappa shape index (κ1) is 19.1. The molecule has 1 heterocycles. The molecule has 0 N–H and O–H groups in total. The number of carbonyl (C=O) groups is 1. The maximum absolute atomic E-state index is 12.3. The highest BCUT2D eigenvalue weighted by Crippen LogP contribution is 2.39. The molecule has 0 saturated carbocycles. The Morgan fingerprint density at radius 1 is 0.793 bits per heavy atom. The monoisotopic (exact) mass is 384 g/mol. The molecule has 3 aromatic carbocycles. The average Bonchev–Trinajstić information content (AvgIpc) is 2.80. The summed E-state index contributed by atoms with van der Waals surface area (Å²) in [5.74, 6) is -0.426. The van der Waals surface area contributed by atoms with E-state index in [1.54, 1.807) is 12.1 Å². The molecule has 1 saturated heterocycles. The number of nitrogens with zero attached hydrogens (tertiary/aromatic N) is 2. The Morgan fingerprint density at radius 3 is 1.72 bits per heavy atom. The van der Waals surface area contributed by atoms with E-state index in [1.165, 1.54) is 11.1 Å². The fourth-order valence-electron chi connectivity index (χ4n) is 3.90. The minimum atomic E-state index is -0.426. The summed E-state index contributed by atoms with van der Waals surface area (Å²) in [6, 6.07) is 30.2. The van der Waals surface area contributed by atoms with Gasteiger partial charge in [0.2, 0.25) is 0 Å². The second-order valence-electron chi connectivity index (χ2n) is 7.33. The fourth-order valence-corrected chi connectivity index (χ4v) is 3.90. The van der Waals surface area contributed by atoms with Gasteiger partial charge in [-0.25, -0.2) is 4.79 Å². The molecule has 4 nitrogen and oxygen atoms in total. The zero-order chi connectivity index (χ0) is 20.1. The highest BCUT2D eigenvalue weighted by atomic mass is 16.7. The Hall–Kier alpha value is -3.24. The van der Waals surface area contributed by atoms with Gasteiger partial charge < -0.3 is 4.84 Å². The van der Waals surface area contributed by atoms with Crippen molar-refractivity contribution < 1.29 is 9.63 Å². The van der Waals surface area contributed by atoms with Crippen LogP contribution in [0.2, 0.25) is 0 Å². The zero-order valence-corrected chi connectivity index (χ0v) is 16.4. The van der Waals surface area contributed by atoms with E-state index in [9.17, 15) is 4.79 Å². The molecular formula is C25H24N2O2. The van der Waals surface area contributed by atoms with E-state index >= 15 is 0 Å². The molecule has 1 aliphatic heterocycles. The maximum Gasteiger partial charge on any atom is 0.365 e. The molecule has 4 rings (SSSR count). The third-order valence-corrected chi connectivity index (χ3v) is 5.48. The SMILES string of the molecule is CN1[C@@H](c2ccccc2)CC(=NOC(=O)c2ccccc2)C[C@H]1c1ccccc1. The minimum Gasteiger partial charge on any atom is -0.313 e. The van der Waals surface area contributed by atoms with Crippen LogP contribution in [0.4, 0.5) is 0 Å². The first-order valence-corrected chi connectivity index (χ1v) is 9.86. The van der Waals surface area contributed by atoms with Crippen molar-refractivity contribution in [2.75, 3.05) is 7.05 Å². The van der Waals surface area contributed by atoms with E-state index in [-0.39, 0.29) is 12.1 Å². The van der Waals surface area contributed by atoms with E-state index in [2.05, 4.69) is 65.6 Å². The van der Waals surface area contributed by atoms with Crippen LogP contribution in [0.5, 0.6) is 0 Å². The van der Waals surface area contributed by atoms with Gasteiger partial charge in [-0.05, 0) is 30.3 Å². The molecule has 2 atom stereocenters. The lowest BCUT2D eigenvalue weighted by Gasteiger charge is -2.40. The number of oxime groups is 1. The van der Waals surface area contributed by atoms with Gasteiger partial charge in [0.25, 0.3) is 0 Å². The molecule has 29 heavy (non-hydrogen) atoms. The normalized spacial score (nSPS) is 21.1. The van der Waals surface area contributed by atoms with Crippen molar-refractivity contribution >= 4 is 11.7 Å². The van der Waals surface area contributed by atoms with Crippen LogP contribution in [0.1, 0.15) is 46.4 Å². The Bertz CT molecular complexity index is 920. The van der Waals surface area contributed by atoms with Crippen molar-refractivity contribution in [1.82, 2.24) is 4.90 Å². The summed E-state index contributed by atoms with van der Waals surface area (Å²) in [7, 11) is 2.15. The van der Waals surface area contributed by atoms with Gasteiger partial charge in [-0.3, -0.25) is 4.90 Å². The van der Waals surface area contributed by atoms with Crippen LogP contribution in [0.3, 0.4) is 0 Å². The van der Waals surface area contributed by atoms with Crippen molar-refractivity contribution in [1.29, 1.82) is 0 Å². The Kier molecular flexibility index (Phi) is 5.82. The Labute approximate surface area is 171 Å². The minimum absolute atomic E-state index is 0.171. The molecule has 0 unspecified atom stereocenters. The van der Waals surface area contributed by atoms with Crippen LogP contribution in [-0.2, 0) is 4.84 Å². The van der Waals surface area contributed by atoms with Crippen LogP contribution in [0.15, 0.2) is 96.2 Å². The van der Waals surface area contributed by atoms with Crippen LogP contribution in [-0.4, -0.2) is 23.6 Å². The molecule has 146 valence electrons. The number of hydrogen-bond acceptors (Lipinski definition) is 4. The summed E-state index contributed by atoms with van der Waals surface area (Å²) in [4.78, 5) is 20.0. The summed E-state index contributed by atoms with van der Waals surface area (Å²) < 4.78 is 0. The molecule has 1 aliphatic rings. The maximum atomic E-state index is 12.3. The number of benzene rings is 3. The molecule has 4 heteroatoms. The molecule has 0 amide bonds. The third-order valence-electron chi connectivity index (χ3n) is 5.48. The summed E-state index contributed by atoms with van der Waals surface area (Å²) in [5.41, 5.74) is 3.87. The predicted molar refractivity (Wildman–Crippen MR) is 115 cm³/mol. The summed E-state index contributed by atoms with van der Waals surface area (Å²) in [6.45, 7) is 0. The van der Waals surface area contributed by atoms with Crippen molar-refractivity contribution in [3.63, 3.8) is 0 Å². The summed E-state index contributed by atoms with van der Waals surface area (Å²) >= 11 is 0. The van der Waals surface area contributed by atoms with Gasteiger partial charge in [-0.1, -0.05) is 84.0 Å². The molecule has 0 radical (unpaired) electrons. The zero-order valence-electron chi connectivity index (χ0n) is 16.4. The van der Waals surface area contributed by atoms with Crippen molar-refractivity contribution in [3.05, 3.63) is 108 Å². The summed E-state index contributed by atoms with van der Waals surface area (Å²) in [6.07, 6.45) is 1.46. The van der Waals surface area contributed by atoms with Crippen molar-refractivity contribution in [3.8, 4) is 0 Å². The van der Waals surface area contributed by atoms with E-state index in [1.807, 2.05) is 30.3 Å². The van der Waals surface area contributed by atoms with Gasteiger partial charge in [-0.2, -0.15) is 0 Å². The van der Waals surface area contributed by atoms with E-state index in [0.717, 1.165) is 18.6 Å². The quantitative estimate of drug-likeness (QED) is 0.446. The van der Waals surface area contributed by atoms with Gasteiger partial charge in [0, 0.05) is 24.9 Å². The van der Waals surface area contributed by atoms with Gasteiger partial charge in [0.15, 0.2) is 0 Å². The Balaban J connectivity index is 1.60. The predicted octanol–water partition coefficient (Wildman–Crippen LogP) is 5.41. The molecule has 0 aromatic heterocycles. The second kappa shape index (κ2) is 8.84. The molecular weight excluding hydrogens is 360 g/mol. The van der Waals surface area contributed by atoms with Gasteiger partial charge in [0.1, 0.15) is 0 Å². The number of piperidine rings is 1. The highest BCUT2D eigenvalue weighted by molar-refractivity contribution is 5.91. The van der Waals surface area contributed by atoms with Crippen LogP contribution in [0, 0.1) is 0 Å². The number of rotatable bonds is 4. The topological polar surface area (TPSA) is 41.9 Å². The van der Waals surface area contributed by atoms with Crippen LogP contribution in [0.25, 0.3) is 0 Å². The van der Waals surface area contributed by atoms with Crippen molar-refractivity contribution in [2.45, 2.75) is 24.9 Å². The third kappa shape index (κ3) is 4.44. The Morgan fingerprint density at radius 2 is 1.24 bits per heavy atom. The highest BCUT2D eigenvalue weighted by Gasteiger charge is 2.33. The molecule has 0 bridgehead atoms. The van der Waals surface area contributed by atoms with E-state index < -0.39 is 5.97 Å². The van der Waals surface area contributed by atoms with Crippen molar-refractivity contribution in [2.24, 2.45) is 5.16 Å². The van der Waals surface area contributed by atoms with Gasteiger partial charge >= 0.3 is 5.97 Å². The lowest BCUT2D eigenvalue weighted by Crippen LogP contribution is -2.37. The van der Waals surface area contributed by atoms with E-state index in [0.29, 0.717) is 5.56 Å². The second-order valence-corrected chi connectivity index (χ2v) is 7.33.